The number of benzene rings is 1. The monoisotopic (exact) mass is 231 g/mol. The molecule has 0 heterocycles. The summed E-state index contributed by atoms with van der Waals surface area (Å²) in [5.74, 6) is 1.50. The Balaban J connectivity index is 2.95. The molecule has 0 aliphatic rings. The average Bonchev–Trinajstić information content (AvgIpc) is 2.19. The standard InChI is InChI=1S/C10H14ClNOS/c1-7-3-10(13-2)8(4-9(7)11)5-12-6-14/h3-4,12,14H,5-6H2,1-2H3. The van der Waals surface area contributed by atoms with E-state index in [9.17, 15) is 0 Å². The van der Waals surface area contributed by atoms with Crippen LogP contribution in [0, 0.1) is 6.92 Å². The number of nitrogens with one attached hydrogen (secondary N) is 1. The van der Waals surface area contributed by atoms with Gasteiger partial charge in [-0.2, -0.15) is 12.6 Å². The molecule has 14 heavy (non-hydrogen) atoms. The molecule has 2 nitrogen and oxygen atoms in total. The van der Waals surface area contributed by atoms with E-state index in [-0.39, 0.29) is 0 Å². The Labute approximate surface area is 95.0 Å². The van der Waals surface area contributed by atoms with E-state index in [1.54, 1.807) is 7.11 Å². The van der Waals surface area contributed by atoms with Crippen molar-refractivity contribution < 1.29 is 4.74 Å². The molecule has 4 heteroatoms. The fourth-order valence-corrected chi connectivity index (χ4v) is 1.51. The first kappa shape index (κ1) is 11.7. The minimum atomic E-state index is 0.634. The van der Waals surface area contributed by atoms with Crippen LogP contribution in [-0.2, 0) is 6.54 Å². The van der Waals surface area contributed by atoms with Crippen molar-refractivity contribution >= 4 is 24.2 Å². The smallest absolute Gasteiger partial charge is 0.123 e. The average molecular weight is 232 g/mol. The third kappa shape index (κ3) is 2.80. The molecule has 0 saturated heterocycles. The highest BCUT2D eigenvalue weighted by atomic mass is 35.5. The van der Waals surface area contributed by atoms with Gasteiger partial charge in [0.25, 0.3) is 0 Å². The van der Waals surface area contributed by atoms with Crippen LogP contribution in [0.2, 0.25) is 5.02 Å². The van der Waals surface area contributed by atoms with Crippen LogP contribution in [0.15, 0.2) is 12.1 Å². The number of rotatable bonds is 4. The Morgan fingerprint density at radius 2 is 2.21 bits per heavy atom. The highest BCUT2D eigenvalue weighted by Gasteiger charge is 2.05. The molecule has 1 aromatic rings. The molecule has 1 rings (SSSR count). The molecule has 0 unspecified atom stereocenters. The predicted octanol–water partition coefficient (Wildman–Crippen LogP) is 2.63. The summed E-state index contributed by atoms with van der Waals surface area (Å²) >= 11 is 10.1. The van der Waals surface area contributed by atoms with Crippen molar-refractivity contribution in [1.82, 2.24) is 5.32 Å². The van der Waals surface area contributed by atoms with Crippen molar-refractivity contribution in [3.05, 3.63) is 28.3 Å². The Morgan fingerprint density at radius 3 is 2.79 bits per heavy atom. The van der Waals surface area contributed by atoms with Crippen LogP contribution in [0.25, 0.3) is 0 Å². The van der Waals surface area contributed by atoms with Crippen molar-refractivity contribution in [3.8, 4) is 5.75 Å². The lowest BCUT2D eigenvalue weighted by Gasteiger charge is -2.10. The van der Waals surface area contributed by atoms with E-state index < -0.39 is 0 Å². The molecule has 1 aromatic carbocycles. The lowest BCUT2D eigenvalue weighted by Crippen LogP contribution is -2.11. The van der Waals surface area contributed by atoms with Crippen molar-refractivity contribution in [1.29, 1.82) is 0 Å². The van der Waals surface area contributed by atoms with Crippen LogP contribution in [0.4, 0.5) is 0 Å². The minimum Gasteiger partial charge on any atom is -0.496 e. The van der Waals surface area contributed by atoms with Gasteiger partial charge < -0.3 is 10.1 Å². The molecule has 0 amide bonds. The van der Waals surface area contributed by atoms with Crippen molar-refractivity contribution in [2.45, 2.75) is 13.5 Å². The topological polar surface area (TPSA) is 21.3 Å². The summed E-state index contributed by atoms with van der Waals surface area (Å²) in [6, 6.07) is 3.87. The predicted molar refractivity (Wildman–Crippen MR) is 63.4 cm³/mol. The zero-order valence-electron chi connectivity index (χ0n) is 8.30. The Hall–Kier alpha value is -0.380. The second-order valence-electron chi connectivity index (χ2n) is 3.00. The minimum absolute atomic E-state index is 0.634. The van der Waals surface area contributed by atoms with E-state index in [2.05, 4.69) is 17.9 Å². The van der Waals surface area contributed by atoms with E-state index in [0.29, 0.717) is 12.4 Å². The number of methoxy groups -OCH3 is 1. The summed E-state index contributed by atoms with van der Waals surface area (Å²) in [6.45, 7) is 2.67. The summed E-state index contributed by atoms with van der Waals surface area (Å²) in [5, 5.41) is 3.88. The first-order chi connectivity index (χ1) is 6.69. The molecule has 0 aromatic heterocycles. The van der Waals surface area contributed by atoms with E-state index in [0.717, 1.165) is 21.9 Å². The van der Waals surface area contributed by atoms with Gasteiger partial charge in [0.1, 0.15) is 5.75 Å². The first-order valence-electron chi connectivity index (χ1n) is 4.33. The second kappa shape index (κ2) is 5.49. The zero-order valence-corrected chi connectivity index (χ0v) is 9.95. The van der Waals surface area contributed by atoms with Gasteiger partial charge >= 0.3 is 0 Å². The fourth-order valence-electron chi connectivity index (χ4n) is 1.21. The summed E-state index contributed by atoms with van der Waals surface area (Å²) < 4.78 is 5.25. The normalized spacial score (nSPS) is 10.3. The van der Waals surface area contributed by atoms with Crippen LogP contribution < -0.4 is 10.1 Å². The number of hydrogen-bond donors (Lipinski definition) is 2. The SMILES string of the molecule is COc1cc(C)c(Cl)cc1CNCS. The molecule has 0 aliphatic heterocycles. The van der Waals surface area contributed by atoms with Crippen LogP contribution in [0.1, 0.15) is 11.1 Å². The third-order valence-corrected chi connectivity index (χ3v) is 2.62. The van der Waals surface area contributed by atoms with Gasteiger partial charge in [-0.3, -0.25) is 0 Å². The lowest BCUT2D eigenvalue weighted by molar-refractivity contribution is 0.408. The van der Waals surface area contributed by atoms with E-state index in [1.165, 1.54) is 0 Å². The van der Waals surface area contributed by atoms with Gasteiger partial charge in [-0.25, -0.2) is 0 Å². The van der Waals surface area contributed by atoms with Gasteiger partial charge in [0.15, 0.2) is 0 Å². The van der Waals surface area contributed by atoms with Crippen LogP contribution in [0.5, 0.6) is 5.75 Å². The second-order valence-corrected chi connectivity index (χ2v) is 3.72. The Bertz CT molecular complexity index is 317. The van der Waals surface area contributed by atoms with Gasteiger partial charge in [0, 0.05) is 23.0 Å². The molecular formula is C10H14ClNOS. The van der Waals surface area contributed by atoms with Gasteiger partial charge in [-0.05, 0) is 24.6 Å². The van der Waals surface area contributed by atoms with Crippen LogP contribution >= 0.6 is 24.2 Å². The quantitative estimate of drug-likeness (QED) is 0.614. The van der Waals surface area contributed by atoms with Gasteiger partial charge in [0.2, 0.25) is 0 Å². The molecule has 0 radical (unpaired) electrons. The molecule has 0 fully saturated rings. The van der Waals surface area contributed by atoms with Gasteiger partial charge in [-0.15, -0.1) is 0 Å². The molecule has 0 aliphatic carbocycles. The molecule has 0 spiro atoms. The Morgan fingerprint density at radius 1 is 1.50 bits per heavy atom. The number of ether oxygens (including phenoxy) is 1. The molecule has 0 bridgehead atoms. The highest BCUT2D eigenvalue weighted by Crippen LogP contribution is 2.26. The van der Waals surface area contributed by atoms with Gasteiger partial charge in [-0.1, -0.05) is 11.6 Å². The number of thiol groups is 1. The summed E-state index contributed by atoms with van der Waals surface area (Å²) in [4.78, 5) is 0. The maximum absolute atomic E-state index is 6.02. The van der Waals surface area contributed by atoms with Crippen molar-refractivity contribution in [2.75, 3.05) is 13.0 Å². The lowest BCUT2D eigenvalue weighted by atomic mass is 10.1. The first-order valence-corrected chi connectivity index (χ1v) is 5.34. The summed E-state index contributed by atoms with van der Waals surface area (Å²) in [6.07, 6.45) is 0. The molecule has 1 N–H and O–H groups in total. The molecular weight excluding hydrogens is 218 g/mol. The molecule has 78 valence electrons. The third-order valence-electron chi connectivity index (χ3n) is 1.99. The molecule has 0 saturated carbocycles. The van der Waals surface area contributed by atoms with Crippen molar-refractivity contribution in [2.24, 2.45) is 0 Å². The van der Waals surface area contributed by atoms with Crippen LogP contribution in [-0.4, -0.2) is 13.0 Å². The highest BCUT2D eigenvalue weighted by molar-refractivity contribution is 7.80. The fraction of sp³-hybridized carbons (Fsp3) is 0.400. The molecule has 0 atom stereocenters. The van der Waals surface area contributed by atoms with Crippen molar-refractivity contribution in [3.63, 3.8) is 0 Å². The van der Waals surface area contributed by atoms with Gasteiger partial charge in [0.05, 0.1) is 7.11 Å². The maximum Gasteiger partial charge on any atom is 0.123 e. The summed E-state index contributed by atoms with van der Waals surface area (Å²) in [5.41, 5.74) is 2.08. The number of halogens is 1. The maximum atomic E-state index is 6.02. The summed E-state index contributed by atoms with van der Waals surface area (Å²) in [7, 11) is 1.66. The largest absolute Gasteiger partial charge is 0.496 e. The number of aryl methyl sites for hydroxylation is 1. The van der Waals surface area contributed by atoms with E-state index in [1.807, 2.05) is 19.1 Å². The van der Waals surface area contributed by atoms with E-state index >= 15 is 0 Å². The number of hydrogen-bond acceptors (Lipinski definition) is 3. The zero-order chi connectivity index (χ0) is 10.6. The Kier molecular flexibility index (Phi) is 4.58. The van der Waals surface area contributed by atoms with E-state index in [4.69, 9.17) is 16.3 Å². The van der Waals surface area contributed by atoms with Crippen LogP contribution in [0.3, 0.4) is 0 Å².